The molecule has 1 saturated heterocycles. The van der Waals surface area contributed by atoms with Crippen LogP contribution in [0.5, 0.6) is 0 Å². The van der Waals surface area contributed by atoms with E-state index in [1.807, 2.05) is 0 Å². The first-order valence-corrected chi connectivity index (χ1v) is 8.71. The maximum atomic E-state index is 6.15. The van der Waals surface area contributed by atoms with Crippen LogP contribution in [0.15, 0.2) is 52.3 Å². The van der Waals surface area contributed by atoms with Gasteiger partial charge >= 0.3 is 7.12 Å². The van der Waals surface area contributed by atoms with Crippen LogP contribution >= 0.6 is 11.8 Å². The van der Waals surface area contributed by atoms with Gasteiger partial charge < -0.3 is 14.6 Å². The highest BCUT2D eigenvalue weighted by molar-refractivity contribution is 7.99. The third-order valence-electron chi connectivity index (χ3n) is 4.91. The van der Waals surface area contributed by atoms with E-state index in [1.165, 1.54) is 9.79 Å². The Morgan fingerprint density at radius 1 is 0.870 bits per heavy atom. The summed E-state index contributed by atoms with van der Waals surface area (Å²) in [5.41, 5.74) is 2.68. The van der Waals surface area contributed by atoms with E-state index in [1.54, 1.807) is 11.8 Å². The Morgan fingerprint density at radius 3 is 2.26 bits per heavy atom. The Bertz CT molecular complexity index is 759. The Hall–Kier alpha value is -1.43. The predicted octanol–water partition coefficient (Wildman–Crippen LogP) is 4.19. The maximum absolute atomic E-state index is 6.15. The Morgan fingerprint density at radius 2 is 1.52 bits per heavy atom. The molecule has 1 N–H and O–H groups in total. The van der Waals surface area contributed by atoms with Crippen molar-refractivity contribution in [3.8, 4) is 0 Å². The fourth-order valence-electron chi connectivity index (χ4n) is 2.78. The number of para-hydroxylation sites is 1. The Kier molecular flexibility index (Phi) is 3.31. The zero-order valence-electron chi connectivity index (χ0n) is 13.8. The van der Waals surface area contributed by atoms with Gasteiger partial charge in [0.15, 0.2) is 0 Å². The topological polar surface area (TPSA) is 30.5 Å². The SMILES string of the molecule is CC1(C)OB(c2ccc3c(c2)Nc2ccccc2S3)OC1(C)C. The summed E-state index contributed by atoms with van der Waals surface area (Å²) in [6, 6.07) is 14.7. The Labute approximate surface area is 141 Å². The largest absolute Gasteiger partial charge is 0.494 e. The molecule has 2 aromatic rings. The lowest BCUT2D eigenvalue weighted by molar-refractivity contribution is 0.00578. The minimum atomic E-state index is -0.325. The van der Waals surface area contributed by atoms with Crippen molar-refractivity contribution in [3.05, 3.63) is 42.5 Å². The fourth-order valence-corrected chi connectivity index (χ4v) is 3.75. The minimum absolute atomic E-state index is 0.317. The zero-order valence-corrected chi connectivity index (χ0v) is 14.7. The van der Waals surface area contributed by atoms with Crippen molar-refractivity contribution in [1.29, 1.82) is 0 Å². The van der Waals surface area contributed by atoms with Gasteiger partial charge in [-0.1, -0.05) is 30.0 Å². The highest BCUT2D eigenvalue weighted by Gasteiger charge is 2.51. The van der Waals surface area contributed by atoms with Crippen LogP contribution in [-0.4, -0.2) is 18.3 Å². The van der Waals surface area contributed by atoms with Crippen molar-refractivity contribution >= 4 is 35.7 Å². The number of anilines is 2. The number of hydrogen-bond donors (Lipinski definition) is 1. The van der Waals surface area contributed by atoms with Crippen molar-refractivity contribution in [2.75, 3.05) is 5.32 Å². The molecule has 0 atom stereocenters. The van der Waals surface area contributed by atoms with Crippen LogP contribution in [0.4, 0.5) is 11.4 Å². The van der Waals surface area contributed by atoms with E-state index in [9.17, 15) is 0 Å². The summed E-state index contributed by atoms with van der Waals surface area (Å²) in [5, 5.41) is 3.51. The van der Waals surface area contributed by atoms with E-state index in [4.69, 9.17) is 9.31 Å². The minimum Gasteiger partial charge on any atom is -0.399 e. The molecule has 0 bridgehead atoms. The summed E-state index contributed by atoms with van der Waals surface area (Å²) in [6.45, 7) is 8.32. The summed E-state index contributed by atoms with van der Waals surface area (Å²) in [7, 11) is -0.325. The number of benzene rings is 2. The van der Waals surface area contributed by atoms with E-state index >= 15 is 0 Å². The number of hydrogen-bond acceptors (Lipinski definition) is 4. The molecule has 0 unspecified atom stereocenters. The quantitative estimate of drug-likeness (QED) is 0.680. The van der Waals surface area contributed by atoms with Gasteiger partial charge in [-0.3, -0.25) is 0 Å². The first-order chi connectivity index (χ1) is 10.9. The second-order valence-corrected chi connectivity index (χ2v) is 8.15. The molecular formula is C18H20BNO2S. The van der Waals surface area contributed by atoms with Gasteiger partial charge in [0.25, 0.3) is 0 Å². The van der Waals surface area contributed by atoms with Crippen molar-refractivity contribution in [1.82, 2.24) is 0 Å². The molecule has 2 aromatic carbocycles. The van der Waals surface area contributed by atoms with Crippen molar-refractivity contribution in [3.63, 3.8) is 0 Å². The molecule has 0 spiro atoms. The molecule has 0 saturated carbocycles. The average Bonchev–Trinajstić information content (AvgIpc) is 2.73. The van der Waals surface area contributed by atoms with E-state index < -0.39 is 0 Å². The third kappa shape index (κ3) is 2.47. The molecule has 0 aromatic heterocycles. The van der Waals surface area contributed by atoms with Gasteiger partial charge in [-0.05, 0) is 57.4 Å². The van der Waals surface area contributed by atoms with Crippen LogP contribution in [0.25, 0.3) is 0 Å². The summed E-state index contributed by atoms with van der Waals surface area (Å²) in [4.78, 5) is 2.48. The smallest absolute Gasteiger partial charge is 0.399 e. The van der Waals surface area contributed by atoms with Crippen molar-refractivity contribution in [2.45, 2.75) is 48.7 Å². The van der Waals surface area contributed by atoms with Crippen LogP contribution in [0.3, 0.4) is 0 Å². The normalized spacial score (nSPS) is 20.6. The summed E-state index contributed by atoms with van der Waals surface area (Å²) in [6.07, 6.45) is 0. The molecule has 4 rings (SSSR count). The van der Waals surface area contributed by atoms with E-state index in [-0.39, 0.29) is 18.3 Å². The van der Waals surface area contributed by atoms with Gasteiger partial charge in [-0.15, -0.1) is 0 Å². The second-order valence-electron chi connectivity index (χ2n) is 7.07. The second kappa shape index (κ2) is 5.03. The van der Waals surface area contributed by atoms with Crippen LogP contribution < -0.4 is 10.8 Å². The highest BCUT2D eigenvalue weighted by atomic mass is 32.2. The highest BCUT2D eigenvalue weighted by Crippen LogP contribution is 2.44. The molecule has 0 radical (unpaired) electrons. The summed E-state index contributed by atoms with van der Waals surface area (Å²) >= 11 is 1.79. The summed E-state index contributed by atoms with van der Waals surface area (Å²) < 4.78 is 12.3. The monoisotopic (exact) mass is 325 g/mol. The molecule has 118 valence electrons. The van der Waals surface area contributed by atoms with Gasteiger partial charge in [0.2, 0.25) is 0 Å². The molecule has 23 heavy (non-hydrogen) atoms. The summed E-state index contributed by atoms with van der Waals surface area (Å²) in [5.74, 6) is 0. The molecule has 2 aliphatic heterocycles. The van der Waals surface area contributed by atoms with Gasteiger partial charge in [-0.2, -0.15) is 0 Å². The van der Waals surface area contributed by atoms with E-state index in [0.29, 0.717) is 0 Å². The van der Waals surface area contributed by atoms with Gasteiger partial charge in [0.05, 0.1) is 22.6 Å². The molecule has 3 nitrogen and oxygen atoms in total. The molecule has 1 fully saturated rings. The maximum Gasteiger partial charge on any atom is 0.494 e. The first kappa shape index (κ1) is 15.1. The van der Waals surface area contributed by atoms with Crippen LogP contribution in [0, 0.1) is 0 Å². The zero-order chi connectivity index (χ0) is 16.2. The molecular weight excluding hydrogens is 305 g/mol. The van der Waals surface area contributed by atoms with E-state index in [0.717, 1.165) is 16.8 Å². The molecule has 0 amide bonds. The predicted molar refractivity (Wildman–Crippen MR) is 96.0 cm³/mol. The lowest BCUT2D eigenvalue weighted by Gasteiger charge is -2.32. The molecule has 2 heterocycles. The first-order valence-electron chi connectivity index (χ1n) is 7.89. The standard InChI is InChI=1S/C18H20BNO2S/c1-17(2)18(3,4)22-19(21-17)12-9-10-16-14(11-12)20-13-7-5-6-8-15(13)23-16/h5-11,20H,1-4H3. The molecule has 0 aliphatic carbocycles. The number of rotatable bonds is 1. The van der Waals surface area contributed by atoms with Crippen molar-refractivity contribution in [2.24, 2.45) is 0 Å². The Balaban J connectivity index is 1.65. The van der Waals surface area contributed by atoms with Gasteiger partial charge in [-0.25, -0.2) is 0 Å². The third-order valence-corrected chi connectivity index (χ3v) is 6.06. The fraction of sp³-hybridized carbons (Fsp3) is 0.333. The van der Waals surface area contributed by atoms with E-state index in [2.05, 4.69) is 75.5 Å². The van der Waals surface area contributed by atoms with Gasteiger partial charge in [0.1, 0.15) is 0 Å². The van der Waals surface area contributed by atoms with Crippen LogP contribution in [-0.2, 0) is 9.31 Å². The van der Waals surface area contributed by atoms with Crippen LogP contribution in [0.1, 0.15) is 27.7 Å². The molecule has 5 heteroatoms. The number of nitrogens with one attached hydrogen (secondary N) is 1. The molecule has 2 aliphatic rings. The average molecular weight is 325 g/mol. The van der Waals surface area contributed by atoms with Crippen LogP contribution in [0.2, 0.25) is 0 Å². The van der Waals surface area contributed by atoms with Gasteiger partial charge in [0, 0.05) is 9.79 Å². The van der Waals surface area contributed by atoms with Crippen molar-refractivity contribution < 1.29 is 9.31 Å². The lowest BCUT2D eigenvalue weighted by atomic mass is 9.79. The lowest BCUT2D eigenvalue weighted by Crippen LogP contribution is -2.41. The number of fused-ring (bicyclic) bond motifs is 2.